The number of ether oxygens (including phenoxy) is 1. The van der Waals surface area contributed by atoms with E-state index in [1.54, 1.807) is 7.11 Å². The SMILES string of the molecule is COCCn1c(CCl)nnc1-c1cc(Br)ccc1C. The zero-order chi connectivity index (χ0) is 13.8. The summed E-state index contributed by atoms with van der Waals surface area (Å²) in [5, 5.41) is 8.41. The van der Waals surface area contributed by atoms with Gasteiger partial charge in [-0.05, 0) is 24.6 Å². The van der Waals surface area contributed by atoms with Crippen LogP contribution in [0.4, 0.5) is 0 Å². The lowest BCUT2D eigenvalue weighted by Crippen LogP contribution is -2.09. The van der Waals surface area contributed by atoms with Crippen molar-refractivity contribution in [2.45, 2.75) is 19.3 Å². The summed E-state index contributed by atoms with van der Waals surface area (Å²) >= 11 is 9.40. The topological polar surface area (TPSA) is 39.9 Å². The summed E-state index contributed by atoms with van der Waals surface area (Å²) in [5.74, 6) is 1.92. The van der Waals surface area contributed by atoms with Crippen LogP contribution in [0.2, 0.25) is 0 Å². The van der Waals surface area contributed by atoms with Gasteiger partial charge in [0.05, 0.1) is 12.5 Å². The molecule has 0 fully saturated rings. The Hall–Kier alpha value is -0.910. The third-order valence-corrected chi connectivity index (χ3v) is 3.64. The molecule has 0 radical (unpaired) electrons. The van der Waals surface area contributed by atoms with Crippen molar-refractivity contribution >= 4 is 27.5 Å². The normalized spacial score (nSPS) is 10.9. The minimum atomic E-state index is 0.337. The molecule has 0 saturated carbocycles. The predicted octanol–water partition coefficient (Wildman–Crippen LogP) is 3.40. The molecule has 0 bridgehead atoms. The maximum Gasteiger partial charge on any atom is 0.164 e. The molecule has 6 heteroatoms. The molecule has 0 unspecified atom stereocenters. The number of hydrogen-bond donors (Lipinski definition) is 0. The van der Waals surface area contributed by atoms with E-state index in [9.17, 15) is 0 Å². The van der Waals surface area contributed by atoms with Crippen LogP contribution in [0, 0.1) is 6.92 Å². The van der Waals surface area contributed by atoms with Gasteiger partial charge in [-0.3, -0.25) is 0 Å². The van der Waals surface area contributed by atoms with Gasteiger partial charge >= 0.3 is 0 Å². The van der Waals surface area contributed by atoms with Gasteiger partial charge in [-0.1, -0.05) is 22.0 Å². The molecule has 0 atom stereocenters. The highest BCUT2D eigenvalue weighted by molar-refractivity contribution is 9.10. The van der Waals surface area contributed by atoms with Crippen LogP contribution in [0.5, 0.6) is 0 Å². The maximum absolute atomic E-state index is 5.91. The van der Waals surface area contributed by atoms with Gasteiger partial charge < -0.3 is 9.30 Å². The molecule has 2 rings (SSSR count). The van der Waals surface area contributed by atoms with Crippen molar-refractivity contribution in [3.63, 3.8) is 0 Å². The summed E-state index contributed by atoms with van der Waals surface area (Å²) in [4.78, 5) is 0. The zero-order valence-corrected chi connectivity index (χ0v) is 13.2. The first-order chi connectivity index (χ1) is 9.17. The van der Waals surface area contributed by atoms with Gasteiger partial charge in [-0.25, -0.2) is 0 Å². The fourth-order valence-corrected chi connectivity index (χ4v) is 2.44. The van der Waals surface area contributed by atoms with Crippen LogP contribution in [-0.2, 0) is 17.2 Å². The van der Waals surface area contributed by atoms with E-state index < -0.39 is 0 Å². The second kappa shape index (κ2) is 6.50. The molecule has 0 spiro atoms. The van der Waals surface area contributed by atoms with E-state index in [1.807, 2.05) is 16.7 Å². The predicted molar refractivity (Wildman–Crippen MR) is 79.3 cm³/mol. The van der Waals surface area contributed by atoms with Crippen LogP contribution < -0.4 is 0 Å². The molecule has 0 amide bonds. The number of nitrogens with zero attached hydrogens (tertiary/aromatic N) is 3. The van der Waals surface area contributed by atoms with Gasteiger partial charge in [0, 0.05) is 23.7 Å². The zero-order valence-electron chi connectivity index (χ0n) is 10.9. The number of aromatic nitrogens is 3. The van der Waals surface area contributed by atoms with E-state index >= 15 is 0 Å². The average Bonchev–Trinajstić information content (AvgIpc) is 2.81. The van der Waals surface area contributed by atoms with Gasteiger partial charge in [0.1, 0.15) is 5.82 Å². The van der Waals surface area contributed by atoms with E-state index in [2.05, 4.69) is 39.1 Å². The molecule has 1 heterocycles. The van der Waals surface area contributed by atoms with Gasteiger partial charge in [0.25, 0.3) is 0 Å². The standard InChI is InChI=1S/C13H15BrClN3O/c1-9-3-4-10(14)7-11(9)13-17-16-12(8-15)18(13)5-6-19-2/h3-4,7H,5-6,8H2,1-2H3. The Morgan fingerprint density at radius 2 is 2.16 bits per heavy atom. The number of rotatable bonds is 5. The first kappa shape index (κ1) is 14.5. The number of aryl methyl sites for hydroxylation is 1. The Kier molecular flexibility index (Phi) is 4.96. The van der Waals surface area contributed by atoms with E-state index in [0.29, 0.717) is 19.0 Å². The molecule has 0 saturated heterocycles. The third-order valence-electron chi connectivity index (χ3n) is 2.91. The summed E-state index contributed by atoms with van der Waals surface area (Å²) in [7, 11) is 1.68. The molecular weight excluding hydrogens is 330 g/mol. The smallest absolute Gasteiger partial charge is 0.164 e. The van der Waals surface area contributed by atoms with Crippen LogP contribution in [0.1, 0.15) is 11.4 Å². The molecule has 19 heavy (non-hydrogen) atoms. The van der Waals surface area contributed by atoms with Crippen LogP contribution in [-0.4, -0.2) is 28.5 Å². The van der Waals surface area contributed by atoms with E-state index in [1.165, 1.54) is 0 Å². The molecule has 0 aliphatic rings. The molecule has 0 N–H and O–H groups in total. The van der Waals surface area contributed by atoms with Crippen LogP contribution in [0.3, 0.4) is 0 Å². The van der Waals surface area contributed by atoms with Crippen LogP contribution >= 0.6 is 27.5 Å². The first-order valence-electron chi connectivity index (χ1n) is 5.91. The number of hydrogen-bond acceptors (Lipinski definition) is 3. The van der Waals surface area contributed by atoms with Crippen molar-refractivity contribution in [3.8, 4) is 11.4 Å². The summed E-state index contributed by atoms with van der Waals surface area (Å²) < 4.78 is 8.15. The number of methoxy groups -OCH3 is 1. The quantitative estimate of drug-likeness (QED) is 0.781. The monoisotopic (exact) mass is 343 g/mol. The lowest BCUT2D eigenvalue weighted by molar-refractivity contribution is 0.187. The summed E-state index contributed by atoms with van der Waals surface area (Å²) in [6, 6.07) is 6.10. The second-order valence-corrected chi connectivity index (χ2v) is 5.36. The van der Waals surface area contributed by atoms with E-state index in [4.69, 9.17) is 16.3 Å². The summed E-state index contributed by atoms with van der Waals surface area (Å²) in [6.07, 6.45) is 0. The highest BCUT2D eigenvalue weighted by Crippen LogP contribution is 2.26. The molecule has 1 aromatic heterocycles. The van der Waals surface area contributed by atoms with Crippen molar-refractivity contribution in [1.82, 2.24) is 14.8 Å². The highest BCUT2D eigenvalue weighted by Gasteiger charge is 2.15. The molecule has 0 aliphatic heterocycles. The summed E-state index contributed by atoms with van der Waals surface area (Å²) in [6.45, 7) is 3.34. The number of halogens is 2. The van der Waals surface area contributed by atoms with Crippen molar-refractivity contribution in [2.24, 2.45) is 0 Å². The lowest BCUT2D eigenvalue weighted by atomic mass is 10.1. The van der Waals surface area contributed by atoms with E-state index in [-0.39, 0.29) is 0 Å². The minimum absolute atomic E-state index is 0.337. The fourth-order valence-electron chi connectivity index (χ4n) is 1.89. The molecular formula is C13H15BrClN3O. The fraction of sp³-hybridized carbons (Fsp3) is 0.385. The first-order valence-corrected chi connectivity index (χ1v) is 7.23. The molecule has 2 aromatic rings. The highest BCUT2D eigenvalue weighted by atomic mass is 79.9. The Labute approximate surface area is 125 Å². The van der Waals surface area contributed by atoms with Crippen molar-refractivity contribution in [2.75, 3.05) is 13.7 Å². The molecule has 0 aliphatic carbocycles. The van der Waals surface area contributed by atoms with Crippen LogP contribution in [0.15, 0.2) is 22.7 Å². The second-order valence-electron chi connectivity index (χ2n) is 4.18. The Bertz CT molecular complexity index is 571. The van der Waals surface area contributed by atoms with Crippen LogP contribution in [0.25, 0.3) is 11.4 Å². The Morgan fingerprint density at radius 1 is 1.37 bits per heavy atom. The summed E-state index contributed by atoms with van der Waals surface area (Å²) in [5.41, 5.74) is 2.20. The molecule has 4 nitrogen and oxygen atoms in total. The van der Waals surface area contributed by atoms with E-state index in [0.717, 1.165) is 27.2 Å². The van der Waals surface area contributed by atoms with Gasteiger partial charge in [-0.2, -0.15) is 0 Å². The van der Waals surface area contributed by atoms with Crippen molar-refractivity contribution < 1.29 is 4.74 Å². The lowest BCUT2D eigenvalue weighted by Gasteiger charge is -2.10. The maximum atomic E-state index is 5.91. The van der Waals surface area contributed by atoms with Crippen molar-refractivity contribution in [1.29, 1.82) is 0 Å². The third kappa shape index (κ3) is 3.16. The van der Waals surface area contributed by atoms with Crippen molar-refractivity contribution in [3.05, 3.63) is 34.1 Å². The Balaban J connectivity index is 2.49. The van der Waals surface area contributed by atoms with Gasteiger partial charge in [-0.15, -0.1) is 21.8 Å². The number of alkyl halides is 1. The molecule has 1 aromatic carbocycles. The van der Waals surface area contributed by atoms with Gasteiger partial charge in [0.15, 0.2) is 5.82 Å². The Morgan fingerprint density at radius 3 is 2.84 bits per heavy atom. The average molecular weight is 345 g/mol. The molecule has 102 valence electrons. The van der Waals surface area contributed by atoms with Gasteiger partial charge in [0.2, 0.25) is 0 Å². The largest absolute Gasteiger partial charge is 0.383 e. The number of benzene rings is 1. The minimum Gasteiger partial charge on any atom is -0.383 e.